The van der Waals surface area contributed by atoms with Crippen LogP contribution in [0.3, 0.4) is 0 Å². The minimum absolute atomic E-state index is 0.0586. The molecule has 3 nitrogen and oxygen atoms in total. The van der Waals surface area contributed by atoms with Crippen LogP contribution in [0.4, 0.5) is 4.39 Å². The van der Waals surface area contributed by atoms with Crippen molar-refractivity contribution < 1.29 is 14.2 Å². The zero-order chi connectivity index (χ0) is 13.2. The van der Waals surface area contributed by atoms with Crippen LogP contribution >= 0.6 is 0 Å². The summed E-state index contributed by atoms with van der Waals surface area (Å²) in [6.07, 6.45) is 6.03. The van der Waals surface area contributed by atoms with Crippen molar-refractivity contribution in [1.29, 1.82) is 0 Å². The van der Waals surface area contributed by atoms with Gasteiger partial charge < -0.3 is 15.2 Å². The van der Waals surface area contributed by atoms with Crippen molar-refractivity contribution in [3.8, 4) is 18.1 Å². The Balaban J connectivity index is 2.15. The third kappa shape index (κ3) is 5.67. The van der Waals surface area contributed by atoms with E-state index in [0.717, 1.165) is 19.4 Å². The summed E-state index contributed by atoms with van der Waals surface area (Å²) in [5.74, 6) is 2.27. The van der Waals surface area contributed by atoms with Gasteiger partial charge in [-0.15, -0.1) is 12.3 Å². The summed E-state index contributed by atoms with van der Waals surface area (Å²) >= 11 is 0. The highest BCUT2D eigenvalue weighted by Gasteiger charge is 2.07. The average Bonchev–Trinajstić information content (AvgIpc) is 2.37. The van der Waals surface area contributed by atoms with Crippen LogP contribution in [0.1, 0.15) is 12.8 Å². The predicted molar refractivity (Wildman–Crippen MR) is 68.8 cm³/mol. The molecule has 0 saturated carbocycles. The van der Waals surface area contributed by atoms with Crippen LogP contribution in [0.5, 0.6) is 5.75 Å². The molecule has 0 spiro atoms. The molecule has 0 fully saturated rings. The molecule has 0 amide bonds. The Morgan fingerprint density at radius 3 is 2.94 bits per heavy atom. The summed E-state index contributed by atoms with van der Waals surface area (Å²) in [6.45, 7) is 1.21. The molecule has 4 heteroatoms. The lowest BCUT2D eigenvalue weighted by molar-refractivity contribution is 0.104. The van der Waals surface area contributed by atoms with Gasteiger partial charge in [-0.2, -0.15) is 0 Å². The number of para-hydroxylation sites is 1. The lowest BCUT2D eigenvalue weighted by atomic mass is 10.3. The third-order valence-corrected chi connectivity index (χ3v) is 2.32. The highest BCUT2D eigenvalue weighted by molar-refractivity contribution is 5.23. The molecular weight excluding hydrogens is 233 g/mol. The second-order valence-electron chi connectivity index (χ2n) is 3.91. The molecule has 0 aliphatic rings. The Morgan fingerprint density at radius 1 is 1.44 bits per heavy atom. The molecule has 1 aromatic rings. The maximum absolute atomic E-state index is 13.2. The molecule has 1 rings (SSSR count). The number of unbranched alkanes of at least 4 members (excludes halogenated alkanes) is 1. The van der Waals surface area contributed by atoms with Gasteiger partial charge in [-0.05, 0) is 25.1 Å². The van der Waals surface area contributed by atoms with E-state index in [9.17, 15) is 9.50 Å². The van der Waals surface area contributed by atoms with Crippen LogP contribution < -0.4 is 10.1 Å². The minimum atomic E-state index is -0.671. The maximum atomic E-state index is 13.2. The molecule has 0 aliphatic heterocycles. The number of rotatable bonds is 8. The van der Waals surface area contributed by atoms with E-state index in [2.05, 4.69) is 11.2 Å². The van der Waals surface area contributed by atoms with Crippen molar-refractivity contribution in [2.45, 2.75) is 18.9 Å². The molecule has 0 aromatic heterocycles. The van der Waals surface area contributed by atoms with Gasteiger partial charge in [0.2, 0.25) is 0 Å². The first-order valence-corrected chi connectivity index (χ1v) is 5.93. The van der Waals surface area contributed by atoms with Crippen LogP contribution in [0, 0.1) is 18.2 Å². The lowest BCUT2D eigenvalue weighted by Gasteiger charge is -2.13. The lowest BCUT2D eigenvalue weighted by Crippen LogP contribution is -2.32. The number of aliphatic hydroxyl groups is 1. The average molecular weight is 251 g/mol. The number of aliphatic hydroxyl groups excluding tert-OH is 1. The van der Waals surface area contributed by atoms with Crippen LogP contribution in [0.2, 0.25) is 0 Å². The topological polar surface area (TPSA) is 41.5 Å². The van der Waals surface area contributed by atoms with Crippen LogP contribution in [-0.2, 0) is 0 Å². The molecule has 18 heavy (non-hydrogen) atoms. The summed E-state index contributed by atoms with van der Waals surface area (Å²) in [7, 11) is 0. The van der Waals surface area contributed by atoms with Crippen molar-refractivity contribution in [3.63, 3.8) is 0 Å². The number of halogens is 1. The maximum Gasteiger partial charge on any atom is 0.165 e. The molecule has 0 aliphatic carbocycles. The van der Waals surface area contributed by atoms with Crippen LogP contribution in [0.25, 0.3) is 0 Å². The normalized spacial score (nSPS) is 11.8. The highest BCUT2D eigenvalue weighted by Crippen LogP contribution is 2.15. The van der Waals surface area contributed by atoms with Crippen LogP contribution in [-0.4, -0.2) is 30.9 Å². The Labute approximate surface area is 107 Å². The summed E-state index contributed by atoms with van der Waals surface area (Å²) in [5.41, 5.74) is 0. The fraction of sp³-hybridized carbons (Fsp3) is 0.429. The van der Waals surface area contributed by atoms with E-state index in [1.807, 2.05) is 0 Å². The van der Waals surface area contributed by atoms with Gasteiger partial charge in [-0.3, -0.25) is 0 Å². The summed E-state index contributed by atoms with van der Waals surface area (Å²) in [5, 5.41) is 12.7. The van der Waals surface area contributed by atoms with Gasteiger partial charge in [0, 0.05) is 13.0 Å². The standard InChI is InChI=1S/C14H18FNO2/c1-2-3-6-9-16-10-12(17)11-18-14-8-5-4-7-13(14)15/h1,4-5,7-8,12,16-17H,3,6,9-11H2. The first-order valence-electron chi connectivity index (χ1n) is 5.93. The molecule has 0 radical (unpaired) electrons. The van der Waals surface area contributed by atoms with E-state index < -0.39 is 11.9 Å². The minimum Gasteiger partial charge on any atom is -0.488 e. The molecular formula is C14H18FNO2. The summed E-state index contributed by atoms with van der Waals surface area (Å²) in [4.78, 5) is 0. The van der Waals surface area contributed by atoms with Crippen molar-refractivity contribution >= 4 is 0 Å². The monoisotopic (exact) mass is 251 g/mol. The van der Waals surface area contributed by atoms with Crippen molar-refractivity contribution in [2.24, 2.45) is 0 Å². The second-order valence-corrected chi connectivity index (χ2v) is 3.91. The van der Waals surface area contributed by atoms with Gasteiger partial charge in [-0.1, -0.05) is 12.1 Å². The van der Waals surface area contributed by atoms with Gasteiger partial charge >= 0.3 is 0 Å². The molecule has 0 bridgehead atoms. The number of nitrogens with one attached hydrogen (secondary N) is 1. The number of terminal acetylenes is 1. The molecule has 1 atom stereocenters. The quantitative estimate of drug-likeness (QED) is 0.544. The van der Waals surface area contributed by atoms with Gasteiger partial charge in [-0.25, -0.2) is 4.39 Å². The van der Waals surface area contributed by atoms with Crippen molar-refractivity contribution in [3.05, 3.63) is 30.1 Å². The zero-order valence-corrected chi connectivity index (χ0v) is 10.2. The Hall–Kier alpha value is -1.57. The van der Waals surface area contributed by atoms with Crippen molar-refractivity contribution in [1.82, 2.24) is 5.32 Å². The third-order valence-electron chi connectivity index (χ3n) is 2.32. The van der Waals surface area contributed by atoms with E-state index in [4.69, 9.17) is 11.2 Å². The fourth-order valence-electron chi connectivity index (χ4n) is 1.39. The van der Waals surface area contributed by atoms with E-state index in [0.29, 0.717) is 6.54 Å². The Bertz CT molecular complexity index is 390. The number of hydrogen-bond acceptors (Lipinski definition) is 3. The number of hydrogen-bond donors (Lipinski definition) is 2. The van der Waals surface area contributed by atoms with Gasteiger partial charge in [0.25, 0.3) is 0 Å². The number of ether oxygens (including phenoxy) is 1. The van der Waals surface area contributed by atoms with Gasteiger partial charge in [0.15, 0.2) is 11.6 Å². The summed E-state index contributed by atoms with van der Waals surface area (Å²) in [6, 6.07) is 6.12. The van der Waals surface area contributed by atoms with E-state index >= 15 is 0 Å². The SMILES string of the molecule is C#CCCCNCC(O)COc1ccccc1F. The van der Waals surface area contributed by atoms with Crippen LogP contribution in [0.15, 0.2) is 24.3 Å². The first-order chi connectivity index (χ1) is 8.74. The smallest absolute Gasteiger partial charge is 0.165 e. The molecule has 0 heterocycles. The largest absolute Gasteiger partial charge is 0.488 e. The first kappa shape index (κ1) is 14.5. The molecule has 98 valence electrons. The van der Waals surface area contributed by atoms with Gasteiger partial charge in [0.05, 0.1) is 0 Å². The van der Waals surface area contributed by atoms with E-state index in [1.54, 1.807) is 12.1 Å². The Kier molecular flexibility index (Phi) is 6.85. The fourth-order valence-corrected chi connectivity index (χ4v) is 1.39. The summed E-state index contributed by atoms with van der Waals surface area (Å²) < 4.78 is 18.4. The van der Waals surface area contributed by atoms with Gasteiger partial charge in [0.1, 0.15) is 12.7 Å². The highest BCUT2D eigenvalue weighted by atomic mass is 19.1. The molecule has 1 unspecified atom stereocenters. The molecule has 2 N–H and O–H groups in total. The molecule has 0 saturated heterocycles. The van der Waals surface area contributed by atoms with Crippen molar-refractivity contribution in [2.75, 3.05) is 19.7 Å². The van der Waals surface area contributed by atoms with E-state index in [-0.39, 0.29) is 12.4 Å². The zero-order valence-electron chi connectivity index (χ0n) is 10.2. The number of benzene rings is 1. The Morgan fingerprint density at radius 2 is 2.22 bits per heavy atom. The van der Waals surface area contributed by atoms with E-state index in [1.165, 1.54) is 12.1 Å². The molecule has 1 aromatic carbocycles. The second kappa shape index (κ2) is 8.51. The predicted octanol–water partition coefficient (Wildman–Crippen LogP) is 1.57.